The first-order chi connectivity index (χ1) is 10.7. The van der Waals surface area contributed by atoms with Crippen LogP contribution in [0.15, 0.2) is 35.7 Å². The maximum Gasteiger partial charge on any atom is 0.312 e. The van der Waals surface area contributed by atoms with Crippen LogP contribution in [0.4, 0.5) is 5.13 Å². The maximum absolute atomic E-state index is 11.8. The highest BCUT2D eigenvalue weighted by molar-refractivity contribution is 7.14. The van der Waals surface area contributed by atoms with Gasteiger partial charge >= 0.3 is 5.97 Å². The van der Waals surface area contributed by atoms with E-state index in [1.807, 2.05) is 35.7 Å². The number of carbonyl (C=O) groups excluding carboxylic acids is 2. The van der Waals surface area contributed by atoms with Crippen molar-refractivity contribution in [1.82, 2.24) is 4.98 Å². The molecule has 2 aromatic rings. The molecule has 0 aliphatic carbocycles. The second-order valence-electron chi connectivity index (χ2n) is 5.09. The standard InChI is InChI=1S/C16H16N2O3S/c19-14-7-4-8-18(14)16-17-13(11-22-16)9-15(20)21-10-12-5-2-1-3-6-12/h1-3,5-6,11H,4,7-10H2. The summed E-state index contributed by atoms with van der Waals surface area (Å²) in [7, 11) is 0. The number of benzene rings is 1. The molecular weight excluding hydrogens is 300 g/mol. The Bertz CT molecular complexity index is 669. The Labute approximate surface area is 132 Å². The van der Waals surface area contributed by atoms with E-state index in [-0.39, 0.29) is 24.9 Å². The smallest absolute Gasteiger partial charge is 0.312 e. The molecule has 5 nitrogen and oxygen atoms in total. The Morgan fingerprint density at radius 2 is 2.14 bits per heavy atom. The number of thiazole rings is 1. The monoisotopic (exact) mass is 316 g/mol. The summed E-state index contributed by atoms with van der Waals surface area (Å²) in [6.07, 6.45) is 1.58. The minimum atomic E-state index is -0.312. The topological polar surface area (TPSA) is 59.5 Å². The fraction of sp³-hybridized carbons (Fsp3) is 0.312. The number of hydrogen-bond donors (Lipinski definition) is 0. The SMILES string of the molecule is O=C(Cc1csc(N2CCCC2=O)n1)OCc1ccccc1. The van der Waals surface area contributed by atoms with Crippen molar-refractivity contribution < 1.29 is 14.3 Å². The van der Waals surface area contributed by atoms with Crippen molar-refractivity contribution in [3.63, 3.8) is 0 Å². The first-order valence-electron chi connectivity index (χ1n) is 7.17. The lowest BCUT2D eigenvalue weighted by molar-refractivity contribution is -0.144. The fourth-order valence-corrected chi connectivity index (χ4v) is 3.16. The van der Waals surface area contributed by atoms with Crippen LogP contribution in [0.1, 0.15) is 24.1 Å². The van der Waals surface area contributed by atoms with Crippen molar-refractivity contribution in [2.45, 2.75) is 25.9 Å². The average Bonchev–Trinajstić information content (AvgIpc) is 3.15. The van der Waals surface area contributed by atoms with Gasteiger partial charge in [-0.3, -0.25) is 14.5 Å². The van der Waals surface area contributed by atoms with E-state index < -0.39 is 0 Å². The lowest BCUT2D eigenvalue weighted by atomic mass is 10.2. The minimum Gasteiger partial charge on any atom is -0.461 e. The van der Waals surface area contributed by atoms with Crippen LogP contribution < -0.4 is 4.90 Å². The molecule has 1 saturated heterocycles. The average molecular weight is 316 g/mol. The van der Waals surface area contributed by atoms with Crippen molar-refractivity contribution >= 4 is 28.3 Å². The second-order valence-corrected chi connectivity index (χ2v) is 5.93. The number of esters is 1. The maximum atomic E-state index is 11.8. The molecule has 0 unspecified atom stereocenters. The van der Waals surface area contributed by atoms with Crippen LogP contribution in [0.3, 0.4) is 0 Å². The molecule has 0 radical (unpaired) electrons. The van der Waals surface area contributed by atoms with Gasteiger partial charge in [0, 0.05) is 18.3 Å². The number of ether oxygens (including phenoxy) is 1. The number of carbonyl (C=O) groups is 2. The number of amides is 1. The number of aromatic nitrogens is 1. The van der Waals surface area contributed by atoms with Gasteiger partial charge in [-0.2, -0.15) is 0 Å². The van der Waals surface area contributed by atoms with E-state index in [1.165, 1.54) is 11.3 Å². The molecule has 0 N–H and O–H groups in total. The number of rotatable bonds is 5. The Balaban J connectivity index is 1.53. The lowest BCUT2D eigenvalue weighted by Crippen LogP contribution is -2.23. The summed E-state index contributed by atoms with van der Waals surface area (Å²) in [6.45, 7) is 0.978. The second kappa shape index (κ2) is 6.70. The summed E-state index contributed by atoms with van der Waals surface area (Å²) in [5.41, 5.74) is 1.61. The molecule has 1 aromatic heterocycles. The van der Waals surface area contributed by atoms with Crippen LogP contribution in [0.5, 0.6) is 0 Å². The summed E-state index contributed by atoms with van der Waals surface area (Å²) in [6, 6.07) is 9.55. The third kappa shape index (κ3) is 3.51. The minimum absolute atomic E-state index is 0.104. The van der Waals surface area contributed by atoms with Crippen LogP contribution in [0.25, 0.3) is 0 Å². The quantitative estimate of drug-likeness (QED) is 0.796. The largest absolute Gasteiger partial charge is 0.461 e. The van der Waals surface area contributed by atoms with Gasteiger partial charge in [-0.15, -0.1) is 11.3 Å². The molecule has 1 aliphatic heterocycles. The zero-order valence-corrected chi connectivity index (χ0v) is 12.8. The fourth-order valence-electron chi connectivity index (χ4n) is 2.29. The van der Waals surface area contributed by atoms with E-state index in [0.717, 1.165) is 12.0 Å². The Kier molecular flexibility index (Phi) is 4.48. The molecule has 3 rings (SSSR count). The van der Waals surface area contributed by atoms with Crippen molar-refractivity contribution in [1.29, 1.82) is 0 Å². The molecule has 0 spiro atoms. The normalized spacial score (nSPS) is 14.4. The first-order valence-corrected chi connectivity index (χ1v) is 8.04. The van der Waals surface area contributed by atoms with E-state index in [0.29, 0.717) is 23.8 Å². The van der Waals surface area contributed by atoms with Crippen LogP contribution in [-0.4, -0.2) is 23.4 Å². The number of nitrogens with zero attached hydrogens (tertiary/aromatic N) is 2. The van der Waals surface area contributed by atoms with Gasteiger partial charge < -0.3 is 4.74 Å². The first kappa shape index (κ1) is 14.7. The van der Waals surface area contributed by atoms with Crippen LogP contribution in [0, 0.1) is 0 Å². The van der Waals surface area contributed by atoms with Crippen LogP contribution in [-0.2, 0) is 27.4 Å². The van der Waals surface area contributed by atoms with Crippen molar-refractivity contribution in [2.75, 3.05) is 11.4 Å². The molecule has 114 valence electrons. The highest BCUT2D eigenvalue weighted by Gasteiger charge is 2.24. The van der Waals surface area contributed by atoms with Gasteiger partial charge in [-0.05, 0) is 12.0 Å². The van der Waals surface area contributed by atoms with E-state index in [9.17, 15) is 9.59 Å². The molecule has 1 amide bonds. The highest BCUT2D eigenvalue weighted by Crippen LogP contribution is 2.25. The predicted molar refractivity (Wildman–Crippen MR) is 83.6 cm³/mol. The lowest BCUT2D eigenvalue weighted by Gasteiger charge is -2.10. The molecule has 22 heavy (non-hydrogen) atoms. The van der Waals surface area contributed by atoms with Gasteiger partial charge in [0.2, 0.25) is 5.91 Å². The summed E-state index contributed by atoms with van der Waals surface area (Å²) in [5.74, 6) is -0.207. The molecule has 6 heteroatoms. The van der Waals surface area contributed by atoms with E-state index in [2.05, 4.69) is 4.98 Å². The van der Waals surface area contributed by atoms with Gasteiger partial charge in [0.1, 0.15) is 6.61 Å². The van der Waals surface area contributed by atoms with Gasteiger partial charge in [0.05, 0.1) is 12.1 Å². The molecule has 0 bridgehead atoms. The molecule has 1 aromatic carbocycles. The molecule has 2 heterocycles. The molecular formula is C16H16N2O3S. The number of anilines is 1. The van der Waals surface area contributed by atoms with E-state index in [1.54, 1.807) is 4.90 Å². The number of hydrogen-bond acceptors (Lipinski definition) is 5. The van der Waals surface area contributed by atoms with Gasteiger partial charge in [0.25, 0.3) is 0 Å². The van der Waals surface area contributed by atoms with Gasteiger partial charge in [0.15, 0.2) is 5.13 Å². The molecule has 1 aliphatic rings. The third-order valence-electron chi connectivity index (χ3n) is 3.41. The Morgan fingerprint density at radius 3 is 2.86 bits per heavy atom. The van der Waals surface area contributed by atoms with Crippen LogP contribution in [0.2, 0.25) is 0 Å². The Hall–Kier alpha value is -2.21. The van der Waals surface area contributed by atoms with Crippen molar-refractivity contribution in [3.8, 4) is 0 Å². The summed E-state index contributed by atoms with van der Waals surface area (Å²) < 4.78 is 5.23. The summed E-state index contributed by atoms with van der Waals surface area (Å²) in [4.78, 5) is 29.6. The summed E-state index contributed by atoms with van der Waals surface area (Å²) in [5, 5.41) is 2.48. The van der Waals surface area contributed by atoms with Crippen molar-refractivity contribution in [2.24, 2.45) is 0 Å². The van der Waals surface area contributed by atoms with E-state index >= 15 is 0 Å². The zero-order valence-electron chi connectivity index (χ0n) is 12.0. The zero-order chi connectivity index (χ0) is 15.4. The summed E-state index contributed by atoms with van der Waals surface area (Å²) >= 11 is 1.39. The molecule has 1 fully saturated rings. The van der Waals surface area contributed by atoms with Crippen molar-refractivity contribution in [3.05, 3.63) is 47.0 Å². The van der Waals surface area contributed by atoms with E-state index in [4.69, 9.17) is 4.74 Å². The van der Waals surface area contributed by atoms with Gasteiger partial charge in [-0.1, -0.05) is 30.3 Å². The highest BCUT2D eigenvalue weighted by atomic mass is 32.1. The third-order valence-corrected chi connectivity index (χ3v) is 4.32. The predicted octanol–water partition coefficient (Wildman–Crippen LogP) is 2.56. The molecule has 0 atom stereocenters. The van der Waals surface area contributed by atoms with Gasteiger partial charge in [-0.25, -0.2) is 4.98 Å². The molecule has 0 saturated carbocycles. The Morgan fingerprint density at radius 1 is 1.32 bits per heavy atom. The van der Waals surface area contributed by atoms with Crippen LogP contribution >= 0.6 is 11.3 Å².